The molecule has 0 aromatic heterocycles. The van der Waals surface area contributed by atoms with E-state index in [4.69, 9.17) is 0 Å². The minimum atomic E-state index is -1.03. The fourth-order valence-corrected chi connectivity index (χ4v) is 2.78. The summed E-state index contributed by atoms with van der Waals surface area (Å²) in [6.07, 6.45) is 2.67. The highest BCUT2D eigenvalue weighted by Gasteiger charge is 2.31. The molecule has 0 aliphatic heterocycles. The molecule has 0 aromatic rings. The minimum Gasteiger partial charge on any atom is -0.393 e. The monoisotopic (exact) mass is 233 g/mol. The first-order valence-electron chi connectivity index (χ1n) is 5.68. The molecule has 1 unspecified atom stereocenters. The summed E-state index contributed by atoms with van der Waals surface area (Å²) in [5.41, 5.74) is 0. The molecule has 1 aliphatic carbocycles. The van der Waals surface area contributed by atoms with Gasteiger partial charge in [0.15, 0.2) is 0 Å². The largest absolute Gasteiger partial charge is 0.393 e. The number of rotatable bonds is 2. The molecule has 0 amide bonds. The lowest BCUT2D eigenvalue weighted by molar-refractivity contribution is 0.0632. The van der Waals surface area contributed by atoms with E-state index in [2.05, 4.69) is 4.72 Å². The second-order valence-electron chi connectivity index (χ2n) is 5.46. The summed E-state index contributed by atoms with van der Waals surface area (Å²) in [6.45, 7) is 7.90. The maximum Gasteiger partial charge on any atom is 0.0972 e. The molecule has 4 heteroatoms. The first-order valence-corrected chi connectivity index (χ1v) is 6.83. The van der Waals surface area contributed by atoms with Crippen molar-refractivity contribution in [2.45, 2.75) is 63.9 Å². The lowest BCUT2D eigenvalue weighted by Gasteiger charge is -2.34. The Morgan fingerprint density at radius 2 is 1.93 bits per heavy atom. The van der Waals surface area contributed by atoms with Crippen LogP contribution in [0.2, 0.25) is 0 Å². The Morgan fingerprint density at radius 3 is 2.47 bits per heavy atom. The van der Waals surface area contributed by atoms with Crippen molar-refractivity contribution in [3.8, 4) is 0 Å². The fraction of sp³-hybridized carbons (Fsp3) is 1.00. The van der Waals surface area contributed by atoms with Crippen molar-refractivity contribution >= 4 is 11.0 Å². The molecule has 0 radical (unpaired) electrons. The van der Waals surface area contributed by atoms with Crippen LogP contribution in [0.3, 0.4) is 0 Å². The molecule has 15 heavy (non-hydrogen) atoms. The van der Waals surface area contributed by atoms with Gasteiger partial charge in [0.25, 0.3) is 0 Å². The van der Waals surface area contributed by atoms with Gasteiger partial charge in [-0.2, -0.15) is 0 Å². The van der Waals surface area contributed by atoms with E-state index in [1.165, 1.54) is 0 Å². The molecule has 0 heterocycles. The number of aliphatic hydroxyl groups excluding tert-OH is 1. The Labute approximate surface area is 95.2 Å². The van der Waals surface area contributed by atoms with Gasteiger partial charge < -0.3 is 5.11 Å². The Bertz CT molecular complexity index is 237. The topological polar surface area (TPSA) is 49.3 Å². The third-order valence-electron chi connectivity index (χ3n) is 3.07. The standard InChI is InChI=1S/C11H23NO2S/c1-8-9(6-5-7-10(8)13)12-15(14)11(2,3)4/h8-10,12-13H,5-7H2,1-4H3/t8-,9+,10+,15?/m0/s1. The lowest BCUT2D eigenvalue weighted by atomic mass is 9.84. The number of nitrogens with one attached hydrogen (secondary N) is 1. The summed E-state index contributed by atoms with van der Waals surface area (Å²) in [5, 5.41) is 9.72. The van der Waals surface area contributed by atoms with Crippen molar-refractivity contribution in [1.82, 2.24) is 4.72 Å². The predicted octanol–water partition coefficient (Wildman–Crippen LogP) is 1.59. The van der Waals surface area contributed by atoms with Crippen molar-refractivity contribution in [2.75, 3.05) is 0 Å². The zero-order valence-electron chi connectivity index (χ0n) is 10.1. The average molecular weight is 233 g/mol. The first kappa shape index (κ1) is 13.1. The molecule has 1 aliphatic rings. The zero-order chi connectivity index (χ0) is 11.6. The highest BCUT2D eigenvalue weighted by Crippen LogP contribution is 2.25. The Hall–Kier alpha value is 0.0700. The molecular weight excluding hydrogens is 210 g/mol. The Balaban J connectivity index is 2.54. The molecule has 1 rings (SSSR count). The summed E-state index contributed by atoms with van der Waals surface area (Å²) in [6, 6.07) is 0.189. The van der Waals surface area contributed by atoms with Crippen molar-refractivity contribution in [1.29, 1.82) is 0 Å². The third-order valence-corrected chi connectivity index (χ3v) is 4.70. The van der Waals surface area contributed by atoms with Crippen LogP contribution in [0.4, 0.5) is 0 Å². The second kappa shape index (κ2) is 4.93. The maximum atomic E-state index is 11.9. The summed E-state index contributed by atoms with van der Waals surface area (Å²) >= 11 is 0. The van der Waals surface area contributed by atoms with Crippen LogP contribution in [0.1, 0.15) is 47.0 Å². The van der Waals surface area contributed by atoms with E-state index in [-0.39, 0.29) is 22.8 Å². The number of hydrogen-bond acceptors (Lipinski definition) is 2. The van der Waals surface area contributed by atoms with E-state index in [9.17, 15) is 9.32 Å². The smallest absolute Gasteiger partial charge is 0.0972 e. The molecule has 4 atom stereocenters. The van der Waals surface area contributed by atoms with E-state index >= 15 is 0 Å². The van der Waals surface area contributed by atoms with Gasteiger partial charge in [0.2, 0.25) is 0 Å². The van der Waals surface area contributed by atoms with Crippen molar-refractivity contribution in [3.63, 3.8) is 0 Å². The number of hydrogen-bond donors (Lipinski definition) is 2. The lowest BCUT2D eigenvalue weighted by Crippen LogP contribution is -2.47. The Kier molecular flexibility index (Phi) is 4.32. The van der Waals surface area contributed by atoms with Crippen LogP contribution in [0.25, 0.3) is 0 Å². The first-order chi connectivity index (χ1) is 6.82. The SMILES string of the molecule is C[C@@H]1[C@H](O)CCC[C@H]1NS(=O)C(C)(C)C. The zero-order valence-corrected chi connectivity index (χ0v) is 10.9. The van der Waals surface area contributed by atoms with Crippen LogP contribution < -0.4 is 4.72 Å². The van der Waals surface area contributed by atoms with Gasteiger partial charge in [-0.05, 0) is 46.0 Å². The van der Waals surface area contributed by atoms with Gasteiger partial charge in [-0.25, -0.2) is 8.93 Å². The molecular formula is C11H23NO2S. The quantitative estimate of drug-likeness (QED) is 0.761. The predicted molar refractivity (Wildman–Crippen MR) is 63.8 cm³/mol. The second-order valence-corrected chi connectivity index (χ2v) is 7.46. The highest BCUT2D eigenvalue weighted by atomic mass is 32.2. The molecule has 3 nitrogen and oxygen atoms in total. The third kappa shape index (κ3) is 3.54. The Morgan fingerprint density at radius 1 is 1.33 bits per heavy atom. The molecule has 1 saturated carbocycles. The van der Waals surface area contributed by atoms with Crippen molar-refractivity contribution in [3.05, 3.63) is 0 Å². The highest BCUT2D eigenvalue weighted by molar-refractivity contribution is 7.84. The number of aliphatic hydroxyl groups is 1. The molecule has 1 fully saturated rings. The van der Waals surface area contributed by atoms with Gasteiger partial charge in [0.1, 0.15) is 0 Å². The molecule has 0 saturated heterocycles. The van der Waals surface area contributed by atoms with Crippen LogP contribution in [-0.2, 0) is 11.0 Å². The van der Waals surface area contributed by atoms with Crippen LogP contribution in [-0.4, -0.2) is 26.2 Å². The van der Waals surface area contributed by atoms with E-state index in [1.807, 2.05) is 27.7 Å². The van der Waals surface area contributed by atoms with Crippen LogP contribution >= 0.6 is 0 Å². The van der Waals surface area contributed by atoms with Gasteiger partial charge in [-0.15, -0.1) is 0 Å². The van der Waals surface area contributed by atoms with Gasteiger partial charge in [0.05, 0.1) is 21.8 Å². The van der Waals surface area contributed by atoms with Crippen LogP contribution in [0.5, 0.6) is 0 Å². The summed E-state index contributed by atoms with van der Waals surface area (Å²) < 4.78 is 14.8. The van der Waals surface area contributed by atoms with Crippen molar-refractivity contribution in [2.24, 2.45) is 5.92 Å². The van der Waals surface area contributed by atoms with Gasteiger partial charge in [0, 0.05) is 6.04 Å². The molecule has 0 aromatic carbocycles. The molecule has 2 N–H and O–H groups in total. The normalized spacial score (nSPS) is 35.1. The van der Waals surface area contributed by atoms with E-state index in [0.717, 1.165) is 19.3 Å². The molecule has 0 bridgehead atoms. The fourth-order valence-electron chi connectivity index (χ4n) is 1.82. The maximum absolute atomic E-state index is 11.9. The summed E-state index contributed by atoms with van der Waals surface area (Å²) in [5.74, 6) is 0.199. The average Bonchev–Trinajstić information content (AvgIpc) is 2.11. The van der Waals surface area contributed by atoms with E-state index in [0.29, 0.717) is 0 Å². The molecule has 90 valence electrons. The molecule has 0 spiro atoms. The summed E-state index contributed by atoms with van der Waals surface area (Å²) in [7, 11) is -1.03. The van der Waals surface area contributed by atoms with Crippen LogP contribution in [0, 0.1) is 5.92 Å². The van der Waals surface area contributed by atoms with Gasteiger partial charge in [-0.1, -0.05) is 6.92 Å². The van der Waals surface area contributed by atoms with E-state index < -0.39 is 11.0 Å². The van der Waals surface area contributed by atoms with Gasteiger partial charge >= 0.3 is 0 Å². The minimum absolute atomic E-state index is 0.189. The van der Waals surface area contributed by atoms with E-state index in [1.54, 1.807) is 0 Å². The van der Waals surface area contributed by atoms with Crippen LogP contribution in [0.15, 0.2) is 0 Å². The van der Waals surface area contributed by atoms with Gasteiger partial charge in [-0.3, -0.25) is 0 Å². The van der Waals surface area contributed by atoms with Crippen molar-refractivity contribution < 1.29 is 9.32 Å². The summed E-state index contributed by atoms with van der Waals surface area (Å²) in [4.78, 5) is 0.